The highest BCUT2D eigenvalue weighted by Gasteiger charge is 2.52. The summed E-state index contributed by atoms with van der Waals surface area (Å²) < 4.78 is 11.8. The number of nitrogens with zero attached hydrogens (tertiary/aromatic N) is 2. The highest BCUT2D eigenvalue weighted by molar-refractivity contribution is 6.05. The van der Waals surface area contributed by atoms with Crippen molar-refractivity contribution in [1.82, 2.24) is 10.2 Å². The van der Waals surface area contributed by atoms with Crippen LogP contribution in [-0.2, 0) is 4.74 Å². The van der Waals surface area contributed by atoms with Crippen molar-refractivity contribution in [3.8, 4) is 11.5 Å². The number of phenolic OH excluding ortho intramolecular Hbond substituents is 1. The normalized spacial score (nSPS) is 33.7. The van der Waals surface area contributed by atoms with Crippen LogP contribution in [-0.4, -0.2) is 75.6 Å². The third kappa shape index (κ3) is 3.85. The fourth-order valence-electron chi connectivity index (χ4n) is 4.81. The molecule has 1 aromatic carbocycles. The summed E-state index contributed by atoms with van der Waals surface area (Å²) in [5, 5.41) is 35.4. The summed E-state index contributed by atoms with van der Waals surface area (Å²) in [6.45, 7) is 6.82. The summed E-state index contributed by atoms with van der Waals surface area (Å²) >= 11 is 0. The van der Waals surface area contributed by atoms with Crippen molar-refractivity contribution in [2.45, 2.75) is 70.3 Å². The number of rotatable bonds is 4. The van der Waals surface area contributed by atoms with Gasteiger partial charge in [-0.3, -0.25) is 9.79 Å². The van der Waals surface area contributed by atoms with Gasteiger partial charge in [0, 0.05) is 18.0 Å². The molecule has 9 nitrogen and oxygen atoms in total. The number of amides is 1. The monoisotopic (exact) mass is 457 g/mol. The number of hydrogen-bond donors (Lipinski definition) is 4. The van der Waals surface area contributed by atoms with E-state index < -0.39 is 30.1 Å². The molecule has 0 radical (unpaired) electrons. The third-order valence-corrected chi connectivity index (χ3v) is 6.67. The first kappa shape index (κ1) is 23.4. The molecule has 5 unspecified atom stereocenters. The number of aliphatic hydroxyl groups is 2. The van der Waals surface area contributed by atoms with Gasteiger partial charge in [-0.25, -0.2) is 0 Å². The van der Waals surface area contributed by atoms with Crippen LogP contribution in [0.1, 0.15) is 43.1 Å². The lowest BCUT2D eigenvalue weighted by molar-refractivity contribution is -0.272. The fraction of sp³-hybridized carbons (Fsp3) is 0.500. The van der Waals surface area contributed by atoms with Crippen LogP contribution >= 0.6 is 0 Å². The smallest absolute Gasteiger partial charge is 0.260 e. The summed E-state index contributed by atoms with van der Waals surface area (Å²) in [5.74, 6) is -0.322. The number of benzene rings is 1. The summed E-state index contributed by atoms with van der Waals surface area (Å²) in [5.41, 5.74) is 0.191. The number of ether oxygens (including phenoxy) is 2. The largest absolute Gasteiger partial charge is 0.505 e. The molecule has 9 heteroatoms. The van der Waals surface area contributed by atoms with Gasteiger partial charge in [0.1, 0.15) is 28.9 Å². The Morgan fingerprint density at radius 3 is 2.82 bits per heavy atom. The highest BCUT2D eigenvalue weighted by Crippen LogP contribution is 2.43. The van der Waals surface area contributed by atoms with E-state index in [2.05, 4.69) is 10.3 Å². The first-order chi connectivity index (χ1) is 15.6. The van der Waals surface area contributed by atoms with Crippen LogP contribution in [0.5, 0.6) is 11.5 Å². The molecule has 3 heterocycles. The van der Waals surface area contributed by atoms with E-state index >= 15 is 0 Å². The number of nitrogens with one attached hydrogen (secondary N) is 1. The quantitative estimate of drug-likeness (QED) is 0.545. The summed E-state index contributed by atoms with van der Waals surface area (Å²) in [6.07, 6.45) is 4.90. The number of phenols is 1. The van der Waals surface area contributed by atoms with Crippen molar-refractivity contribution in [3.05, 3.63) is 41.1 Å². The van der Waals surface area contributed by atoms with Gasteiger partial charge in [0.2, 0.25) is 6.29 Å². The zero-order valence-corrected chi connectivity index (χ0v) is 19.4. The second kappa shape index (κ2) is 8.57. The molecule has 1 aromatic rings. The van der Waals surface area contributed by atoms with Gasteiger partial charge in [0.15, 0.2) is 0 Å². The molecular weight excluding hydrogens is 426 g/mol. The third-order valence-electron chi connectivity index (χ3n) is 6.67. The molecule has 0 aliphatic carbocycles. The zero-order valence-electron chi connectivity index (χ0n) is 19.4. The lowest BCUT2D eigenvalue weighted by atomic mass is 9.84. The van der Waals surface area contributed by atoms with E-state index in [1.165, 1.54) is 13.0 Å². The van der Waals surface area contributed by atoms with Crippen LogP contribution in [0.2, 0.25) is 0 Å². The zero-order chi connectivity index (χ0) is 24.1. The first-order valence-electron chi connectivity index (χ1n) is 11.1. The molecule has 0 spiro atoms. The Balaban J connectivity index is 1.69. The van der Waals surface area contributed by atoms with Gasteiger partial charge in [-0.15, -0.1) is 0 Å². The maximum Gasteiger partial charge on any atom is 0.260 e. The standard InChI is InChI=1S/C24H31N3O6/c1-6-7-14-8-15-10-26-18-16(22(30)27(15)11-14)9-17(12(2)19(18)28)33-23-21(29)24(4,31)20(25-5)13(3)32-23/h6-7,9-11,13,15,20-21,23,25,28-29,31H,8H2,1-5H3/b7-6+/t13?,15-,20?,21?,23?,24?/m0/s1. The first-order valence-corrected chi connectivity index (χ1v) is 11.1. The van der Waals surface area contributed by atoms with Crippen molar-refractivity contribution in [2.24, 2.45) is 4.99 Å². The number of hydrogen-bond acceptors (Lipinski definition) is 8. The Bertz CT molecular complexity index is 1050. The molecule has 178 valence electrons. The molecule has 3 aliphatic heterocycles. The Kier molecular flexibility index (Phi) is 6.09. The lowest BCUT2D eigenvalue weighted by Gasteiger charge is -2.47. The maximum atomic E-state index is 13.4. The molecule has 0 aromatic heterocycles. The van der Waals surface area contributed by atoms with Crippen LogP contribution in [0.25, 0.3) is 0 Å². The van der Waals surface area contributed by atoms with Crippen molar-refractivity contribution in [2.75, 3.05) is 7.05 Å². The van der Waals surface area contributed by atoms with E-state index in [1.54, 1.807) is 38.2 Å². The molecule has 1 amide bonds. The Labute approximate surface area is 193 Å². The topological polar surface area (TPSA) is 124 Å². The average molecular weight is 458 g/mol. The molecule has 4 rings (SSSR count). The Morgan fingerprint density at radius 1 is 1.42 bits per heavy atom. The molecule has 33 heavy (non-hydrogen) atoms. The van der Waals surface area contributed by atoms with E-state index in [-0.39, 0.29) is 34.7 Å². The molecular formula is C24H31N3O6. The second-order valence-corrected chi connectivity index (χ2v) is 8.98. The Morgan fingerprint density at radius 2 is 2.15 bits per heavy atom. The number of carbonyl (C=O) groups excluding carboxylic acids is 1. The molecule has 0 saturated carbocycles. The number of fused-ring (bicyclic) bond motifs is 2. The summed E-state index contributed by atoms with van der Waals surface area (Å²) in [6, 6.07) is 0.751. The number of likely N-dealkylation sites (N-methyl/N-ethyl adjacent to an activating group) is 1. The molecule has 1 fully saturated rings. The van der Waals surface area contributed by atoms with Gasteiger partial charge in [-0.05, 0) is 52.8 Å². The number of aliphatic hydroxyl groups excluding tert-OH is 1. The minimum absolute atomic E-state index is 0.167. The number of carbonyl (C=O) groups is 1. The predicted octanol–water partition coefficient (Wildman–Crippen LogP) is 1.91. The second-order valence-electron chi connectivity index (χ2n) is 8.98. The van der Waals surface area contributed by atoms with E-state index in [0.717, 1.165) is 5.57 Å². The molecule has 1 saturated heterocycles. The predicted molar refractivity (Wildman–Crippen MR) is 123 cm³/mol. The molecule has 4 N–H and O–H groups in total. The van der Waals surface area contributed by atoms with Crippen LogP contribution in [0.4, 0.5) is 5.69 Å². The minimum Gasteiger partial charge on any atom is -0.505 e. The van der Waals surface area contributed by atoms with E-state index in [1.807, 2.05) is 19.1 Å². The van der Waals surface area contributed by atoms with E-state index in [9.17, 15) is 20.1 Å². The van der Waals surface area contributed by atoms with Crippen LogP contribution in [0.15, 0.2) is 35.0 Å². The number of allylic oxidation sites excluding steroid dienone is 2. The van der Waals surface area contributed by atoms with Crippen LogP contribution < -0.4 is 10.1 Å². The Hall–Kier alpha value is -2.72. The van der Waals surface area contributed by atoms with Gasteiger partial charge in [-0.2, -0.15) is 0 Å². The molecule has 0 bridgehead atoms. The van der Waals surface area contributed by atoms with Crippen molar-refractivity contribution < 1.29 is 29.6 Å². The minimum atomic E-state index is -1.53. The van der Waals surface area contributed by atoms with Crippen molar-refractivity contribution in [1.29, 1.82) is 0 Å². The van der Waals surface area contributed by atoms with Crippen LogP contribution in [0.3, 0.4) is 0 Å². The van der Waals surface area contributed by atoms with E-state index in [4.69, 9.17) is 9.47 Å². The fourth-order valence-corrected chi connectivity index (χ4v) is 4.81. The molecule has 6 atom stereocenters. The van der Waals surface area contributed by atoms with Gasteiger partial charge >= 0.3 is 0 Å². The van der Waals surface area contributed by atoms with Gasteiger partial charge in [0.05, 0.1) is 23.8 Å². The van der Waals surface area contributed by atoms with Crippen LogP contribution in [0, 0.1) is 6.92 Å². The van der Waals surface area contributed by atoms with E-state index in [0.29, 0.717) is 12.0 Å². The maximum absolute atomic E-state index is 13.4. The van der Waals surface area contributed by atoms with Gasteiger partial charge < -0.3 is 35.0 Å². The van der Waals surface area contributed by atoms with Crippen molar-refractivity contribution >= 4 is 17.8 Å². The SMILES string of the molecule is C/C=C/C1=CN2C(=O)c3cc(OC4OC(C)C(NC)C(C)(O)C4O)c(C)c(O)c3N=C[C@@H]2C1. The van der Waals surface area contributed by atoms with Crippen molar-refractivity contribution in [3.63, 3.8) is 0 Å². The highest BCUT2D eigenvalue weighted by atomic mass is 16.7. The summed E-state index contributed by atoms with van der Waals surface area (Å²) in [4.78, 5) is 19.4. The lowest BCUT2D eigenvalue weighted by Crippen LogP contribution is -2.69. The summed E-state index contributed by atoms with van der Waals surface area (Å²) in [7, 11) is 1.68. The molecule has 3 aliphatic rings. The number of aromatic hydroxyl groups is 1. The van der Waals surface area contributed by atoms with Gasteiger partial charge in [0.25, 0.3) is 5.91 Å². The average Bonchev–Trinajstić information content (AvgIpc) is 3.11. The van der Waals surface area contributed by atoms with Gasteiger partial charge in [-0.1, -0.05) is 12.2 Å². The number of aliphatic imine (C=N–C) groups is 1.